The number of likely N-dealkylation sites (tertiary alicyclic amines) is 1. The van der Waals surface area contributed by atoms with Crippen LogP contribution < -0.4 is 14.8 Å². The summed E-state index contributed by atoms with van der Waals surface area (Å²) in [6.45, 7) is 0.0432. The van der Waals surface area contributed by atoms with Crippen LogP contribution in [0.4, 0.5) is 5.69 Å². The number of methoxy groups -OCH3 is 1. The molecule has 4 atom stereocenters. The van der Waals surface area contributed by atoms with Crippen LogP contribution in [0.25, 0.3) is 0 Å². The number of hydrogen-bond donors (Lipinski definition) is 2. The minimum Gasteiger partial charge on any atom is -0.493 e. The lowest BCUT2D eigenvalue weighted by molar-refractivity contribution is -0.384. The fourth-order valence-corrected chi connectivity index (χ4v) is 6.45. The van der Waals surface area contributed by atoms with Crippen molar-refractivity contribution in [2.75, 3.05) is 7.11 Å². The number of pyridine rings is 1. The van der Waals surface area contributed by atoms with Gasteiger partial charge < -0.3 is 14.6 Å². The van der Waals surface area contributed by atoms with Gasteiger partial charge in [-0.1, -0.05) is 60.7 Å². The van der Waals surface area contributed by atoms with Gasteiger partial charge in [0.2, 0.25) is 11.8 Å². The van der Waals surface area contributed by atoms with Crippen molar-refractivity contribution in [2.45, 2.75) is 31.2 Å². The number of rotatable bonds is 11. The van der Waals surface area contributed by atoms with Gasteiger partial charge in [0.25, 0.3) is 5.69 Å². The minimum atomic E-state index is -1.95. The monoisotopic (exact) mass is 622 g/mol. The highest BCUT2D eigenvalue weighted by Gasteiger charge is 2.68. The zero-order valence-corrected chi connectivity index (χ0v) is 24.7. The quantitative estimate of drug-likeness (QED) is 0.142. The number of imide groups is 1. The third kappa shape index (κ3) is 5.43. The van der Waals surface area contributed by atoms with Gasteiger partial charge in [-0.25, -0.2) is 0 Å². The average Bonchev–Trinajstić information content (AvgIpc) is 3.54. The lowest BCUT2D eigenvalue weighted by Gasteiger charge is -2.31. The molecule has 4 aromatic rings. The average molecular weight is 623 g/mol. The van der Waals surface area contributed by atoms with E-state index in [2.05, 4.69) is 10.3 Å². The predicted molar refractivity (Wildman–Crippen MR) is 164 cm³/mol. The van der Waals surface area contributed by atoms with Gasteiger partial charge >= 0.3 is 5.97 Å². The van der Waals surface area contributed by atoms with E-state index < -0.39 is 46.1 Å². The predicted octanol–water partition coefficient (Wildman–Crippen LogP) is 4.09. The molecule has 0 aliphatic carbocycles. The molecule has 0 saturated carbocycles. The van der Waals surface area contributed by atoms with Crippen LogP contribution in [0.2, 0.25) is 0 Å². The van der Waals surface area contributed by atoms with E-state index in [9.17, 15) is 29.6 Å². The Balaban J connectivity index is 1.45. The number of hydrogen-bond acceptors (Lipinski definition) is 9. The van der Waals surface area contributed by atoms with Crippen LogP contribution in [-0.2, 0) is 34.0 Å². The fourth-order valence-electron chi connectivity index (χ4n) is 6.45. The van der Waals surface area contributed by atoms with Crippen molar-refractivity contribution in [1.82, 2.24) is 15.2 Å². The molecule has 2 amide bonds. The Morgan fingerprint density at radius 1 is 0.978 bits per heavy atom. The number of carbonyl (C=O) groups excluding carboxylic acids is 2. The highest BCUT2D eigenvalue weighted by atomic mass is 16.6. The van der Waals surface area contributed by atoms with Gasteiger partial charge in [0.05, 0.1) is 36.1 Å². The molecule has 2 N–H and O–H groups in total. The molecule has 3 aromatic carbocycles. The van der Waals surface area contributed by atoms with Crippen LogP contribution in [0.5, 0.6) is 11.5 Å². The number of non-ortho nitro benzene ring substituents is 1. The first kappa shape index (κ1) is 30.4. The van der Waals surface area contributed by atoms with Crippen molar-refractivity contribution in [3.05, 3.63) is 130 Å². The molecular weight excluding hydrogens is 592 g/mol. The number of carboxylic acids is 1. The Kier molecular flexibility index (Phi) is 8.20. The lowest BCUT2D eigenvalue weighted by atomic mass is 9.76. The van der Waals surface area contributed by atoms with Gasteiger partial charge in [-0.15, -0.1) is 0 Å². The summed E-state index contributed by atoms with van der Waals surface area (Å²) in [6.07, 6.45) is 1.33. The minimum absolute atomic E-state index is 0.124. The van der Waals surface area contributed by atoms with Crippen LogP contribution in [0.3, 0.4) is 0 Å². The molecule has 3 heterocycles. The first-order valence-corrected chi connectivity index (χ1v) is 14.6. The zero-order chi connectivity index (χ0) is 32.4. The summed E-state index contributed by atoms with van der Waals surface area (Å²) >= 11 is 0. The number of benzene rings is 3. The number of ether oxygens (including phenoxy) is 2. The molecule has 1 aromatic heterocycles. The topological polar surface area (TPSA) is 161 Å². The summed E-state index contributed by atoms with van der Waals surface area (Å²) in [6, 6.07) is 24.2. The van der Waals surface area contributed by atoms with Gasteiger partial charge in [-0.2, -0.15) is 0 Å². The SMILES string of the molecule is COc1cccc(C2NC(Cc3ccc([N+](=O)[O-])cc3)(C(=O)O)C3C(=O)N(Cc4ccccn4)C(=O)C23)c1OCc1ccccc1. The van der Waals surface area contributed by atoms with Gasteiger partial charge in [0.1, 0.15) is 12.1 Å². The number of carbonyl (C=O) groups is 3. The Morgan fingerprint density at radius 3 is 2.37 bits per heavy atom. The van der Waals surface area contributed by atoms with E-state index in [0.717, 1.165) is 10.5 Å². The third-order valence-corrected chi connectivity index (χ3v) is 8.59. The van der Waals surface area contributed by atoms with E-state index in [1.807, 2.05) is 30.3 Å². The number of aromatic nitrogens is 1. The number of nitro groups is 1. The molecule has 2 saturated heterocycles. The maximum absolute atomic E-state index is 14.2. The Bertz CT molecular complexity index is 1780. The number of aliphatic carboxylic acids is 1. The Morgan fingerprint density at radius 2 is 1.72 bits per heavy atom. The maximum Gasteiger partial charge on any atom is 0.325 e. The molecule has 46 heavy (non-hydrogen) atoms. The van der Waals surface area contributed by atoms with Crippen LogP contribution >= 0.6 is 0 Å². The third-order valence-electron chi connectivity index (χ3n) is 8.59. The Labute approximate surface area is 263 Å². The maximum atomic E-state index is 14.2. The van der Waals surface area contributed by atoms with Gasteiger partial charge in [0.15, 0.2) is 11.5 Å². The van der Waals surface area contributed by atoms with Crippen molar-refractivity contribution in [1.29, 1.82) is 0 Å². The molecule has 12 heteroatoms. The highest BCUT2D eigenvalue weighted by molar-refractivity contribution is 6.09. The van der Waals surface area contributed by atoms with Crippen LogP contribution in [-0.4, -0.2) is 50.3 Å². The Hall–Kier alpha value is -5.62. The van der Waals surface area contributed by atoms with Crippen LogP contribution in [0, 0.1) is 22.0 Å². The summed E-state index contributed by atoms with van der Waals surface area (Å²) in [5.41, 5.74) is 0.138. The molecule has 0 spiro atoms. The van der Waals surface area contributed by atoms with Crippen molar-refractivity contribution >= 4 is 23.5 Å². The van der Waals surface area contributed by atoms with Crippen LogP contribution in [0.1, 0.15) is 28.4 Å². The van der Waals surface area contributed by atoms with Gasteiger partial charge in [-0.05, 0) is 29.3 Å². The molecule has 234 valence electrons. The number of carboxylic acid groups (broad SMARTS) is 1. The molecule has 4 unspecified atom stereocenters. The van der Waals surface area contributed by atoms with Crippen LogP contribution in [0.15, 0.2) is 97.2 Å². The smallest absolute Gasteiger partial charge is 0.325 e. The van der Waals surface area contributed by atoms with E-state index >= 15 is 0 Å². The second-order valence-corrected chi connectivity index (χ2v) is 11.2. The van der Waals surface area contributed by atoms with Gasteiger partial charge in [0, 0.05) is 36.4 Å². The van der Waals surface area contributed by atoms with Crippen molar-refractivity contribution in [3.63, 3.8) is 0 Å². The molecule has 6 rings (SSSR count). The number of nitrogens with one attached hydrogen (secondary N) is 1. The highest BCUT2D eigenvalue weighted by Crippen LogP contribution is 2.53. The number of nitrogens with zero attached hydrogens (tertiary/aromatic N) is 3. The standard InChI is InChI=1S/C34H30N4O8/c1-45-26-12-7-11-25(30(26)46-20-22-8-3-2-4-9-22)29-27-28(32(40)37(31(27)39)19-23-10-5-6-17-35-23)34(36-29,33(41)42)18-21-13-15-24(16-14-21)38(43)44/h2-17,27-29,36H,18-20H2,1H3,(H,41,42). The molecule has 0 bridgehead atoms. The van der Waals surface area contributed by atoms with Crippen molar-refractivity contribution < 1.29 is 33.9 Å². The summed E-state index contributed by atoms with van der Waals surface area (Å²) in [5, 5.41) is 25.3. The first-order valence-electron chi connectivity index (χ1n) is 14.6. The summed E-state index contributed by atoms with van der Waals surface area (Å²) < 4.78 is 11.9. The summed E-state index contributed by atoms with van der Waals surface area (Å²) in [5.74, 6) is -4.26. The normalized spacial score (nSPS) is 22.0. The van der Waals surface area contributed by atoms with Crippen molar-refractivity contribution in [3.8, 4) is 11.5 Å². The van der Waals surface area contributed by atoms with E-state index in [1.54, 1.807) is 42.6 Å². The molecule has 2 aliphatic rings. The number of nitro benzene ring substituents is 1. The first-order chi connectivity index (χ1) is 22.2. The van der Waals surface area contributed by atoms with E-state index in [4.69, 9.17) is 9.47 Å². The second-order valence-electron chi connectivity index (χ2n) is 11.2. The van der Waals surface area contributed by atoms with Crippen molar-refractivity contribution in [2.24, 2.45) is 11.8 Å². The van der Waals surface area contributed by atoms with E-state index in [-0.39, 0.29) is 25.3 Å². The largest absolute Gasteiger partial charge is 0.493 e. The second kappa shape index (κ2) is 12.4. The van der Waals surface area contributed by atoms with Gasteiger partial charge in [-0.3, -0.25) is 39.7 Å². The molecule has 2 aliphatic heterocycles. The number of fused-ring (bicyclic) bond motifs is 1. The van der Waals surface area contributed by atoms with E-state index in [1.165, 1.54) is 31.4 Å². The molecular formula is C34H30N4O8. The number of para-hydroxylation sites is 1. The molecule has 12 nitrogen and oxygen atoms in total. The number of amides is 2. The molecule has 2 fully saturated rings. The summed E-state index contributed by atoms with van der Waals surface area (Å²) in [4.78, 5) is 57.8. The molecule has 0 radical (unpaired) electrons. The van der Waals surface area contributed by atoms with E-state index in [0.29, 0.717) is 28.3 Å². The zero-order valence-electron chi connectivity index (χ0n) is 24.7. The fraction of sp³-hybridized carbons (Fsp3) is 0.235. The lowest BCUT2D eigenvalue weighted by Crippen LogP contribution is -2.57. The summed E-state index contributed by atoms with van der Waals surface area (Å²) in [7, 11) is 1.48.